The molecule has 0 fully saturated rings. The zero-order valence-electron chi connectivity index (χ0n) is 11.7. The first-order chi connectivity index (χ1) is 9.27. The molecule has 0 radical (unpaired) electrons. The monoisotopic (exact) mass is 265 g/mol. The van der Waals surface area contributed by atoms with Gasteiger partial charge in [-0.15, -0.1) is 0 Å². The summed E-state index contributed by atoms with van der Waals surface area (Å²) in [5.41, 5.74) is 1.47. The van der Waals surface area contributed by atoms with Gasteiger partial charge in [0.15, 0.2) is 0 Å². The van der Waals surface area contributed by atoms with Crippen LogP contribution < -0.4 is 10.6 Å². The Balaban J connectivity index is 2.43. The van der Waals surface area contributed by atoms with E-state index in [1.807, 2.05) is 6.07 Å². The Morgan fingerprint density at radius 1 is 1.32 bits per heavy atom. The van der Waals surface area contributed by atoms with Crippen molar-refractivity contribution in [2.24, 2.45) is 0 Å². The highest BCUT2D eigenvalue weighted by Gasteiger charge is 2.06. The first-order valence-electron chi connectivity index (χ1n) is 6.74. The molecule has 0 aliphatic carbocycles. The molecular weight excluding hydrogens is 242 g/mol. The van der Waals surface area contributed by atoms with Crippen molar-refractivity contribution in [3.8, 4) is 0 Å². The summed E-state index contributed by atoms with van der Waals surface area (Å²) in [4.78, 5) is 16.0. The highest BCUT2D eigenvalue weighted by molar-refractivity contribution is 5.94. The van der Waals surface area contributed by atoms with Crippen LogP contribution in [0.5, 0.6) is 0 Å². The molecule has 0 aromatic carbocycles. The number of rotatable bonds is 9. The van der Waals surface area contributed by atoms with Crippen LogP contribution in [0.2, 0.25) is 0 Å². The molecule has 2 N–H and O–H groups in total. The maximum absolute atomic E-state index is 11.9. The highest BCUT2D eigenvalue weighted by Crippen LogP contribution is 2.08. The average Bonchev–Trinajstić information content (AvgIpc) is 2.44. The van der Waals surface area contributed by atoms with E-state index in [-0.39, 0.29) is 5.91 Å². The summed E-state index contributed by atoms with van der Waals surface area (Å²) < 4.78 is 4.93. The Morgan fingerprint density at radius 2 is 2.16 bits per heavy atom. The zero-order valence-corrected chi connectivity index (χ0v) is 11.7. The van der Waals surface area contributed by atoms with Crippen LogP contribution in [-0.2, 0) is 4.74 Å². The molecule has 0 bridgehead atoms. The average molecular weight is 265 g/mol. The van der Waals surface area contributed by atoms with E-state index in [4.69, 9.17) is 4.74 Å². The summed E-state index contributed by atoms with van der Waals surface area (Å²) >= 11 is 0. The fourth-order valence-electron chi connectivity index (χ4n) is 1.59. The van der Waals surface area contributed by atoms with Gasteiger partial charge in [0.2, 0.25) is 0 Å². The summed E-state index contributed by atoms with van der Waals surface area (Å²) in [6, 6.07) is 1.83. The SMILES string of the molecule is CCCCNc1cncc(C(=O)NCCCOC)c1. The Bertz CT molecular complexity index is 383. The predicted octanol–water partition coefficient (Wildman–Crippen LogP) is 2.06. The van der Waals surface area contributed by atoms with Gasteiger partial charge in [-0.3, -0.25) is 9.78 Å². The van der Waals surface area contributed by atoms with Crippen LogP contribution >= 0.6 is 0 Å². The molecule has 0 aliphatic rings. The van der Waals surface area contributed by atoms with Crippen molar-refractivity contribution in [2.75, 3.05) is 32.1 Å². The molecule has 5 heteroatoms. The van der Waals surface area contributed by atoms with Gasteiger partial charge in [-0.25, -0.2) is 0 Å². The lowest BCUT2D eigenvalue weighted by Crippen LogP contribution is -2.25. The van der Waals surface area contributed by atoms with Crippen molar-refractivity contribution < 1.29 is 9.53 Å². The van der Waals surface area contributed by atoms with Crippen molar-refractivity contribution in [3.63, 3.8) is 0 Å². The third-order valence-electron chi connectivity index (χ3n) is 2.67. The number of amides is 1. The van der Waals surface area contributed by atoms with Gasteiger partial charge in [0.05, 0.1) is 11.3 Å². The Labute approximate surface area is 114 Å². The van der Waals surface area contributed by atoms with Crippen LogP contribution in [0.3, 0.4) is 0 Å². The van der Waals surface area contributed by atoms with Gasteiger partial charge >= 0.3 is 0 Å². The molecule has 1 aromatic rings. The van der Waals surface area contributed by atoms with Gasteiger partial charge in [-0.2, -0.15) is 0 Å². The van der Waals surface area contributed by atoms with Crippen molar-refractivity contribution in [1.82, 2.24) is 10.3 Å². The van der Waals surface area contributed by atoms with Gasteiger partial charge in [0.25, 0.3) is 5.91 Å². The second kappa shape index (κ2) is 9.33. The van der Waals surface area contributed by atoms with Crippen molar-refractivity contribution in [1.29, 1.82) is 0 Å². The second-order valence-corrected chi connectivity index (χ2v) is 4.34. The van der Waals surface area contributed by atoms with E-state index >= 15 is 0 Å². The van der Waals surface area contributed by atoms with Gasteiger partial charge < -0.3 is 15.4 Å². The fraction of sp³-hybridized carbons (Fsp3) is 0.571. The van der Waals surface area contributed by atoms with E-state index in [0.29, 0.717) is 18.7 Å². The lowest BCUT2D eigenvalue weighted by molar-refractivity contribution is 0.0948. The molecule has 1 heterocycles. The number of aromatic nitrogens is 1. The summed E-state index contributed by atoms with van der Waals surface area (Å²) in [6.07, 6.45) is 6.37. The summed E-state index contributed by atoms with van der Waals surface area (Å²) in [6.45, 7) is 4.30. The molecule has 1 amide bonds. The van der Waals surface area contributed by atoms with Gasteiger partial charge in [-0.1, -0.05) is 13.3 Å². The molecule has 0 atom stereocenters. The van der Waals surface area contributed by atoms with Crippen LogP contribution in [-0.4, -0.2) is 37.7 Å². The van der Waals surface area contributed by atoms with Crippen LogP contribution in [0.15, 0.2) is 18.5 Å². The minimum absolute atomic E-state index is 0.0947. The number of methoxy groups -OCH3 is 1. The van der Waals surface area contributed by atoms with Crippen LogP contribution in [0.25, 0.3) is 0 Å². The fourth-order valence-corrected chi connectivity index (χ4v) is 1.59. The molecule has 1 rings (SSSR count). The number of carbonyl (C=O) groups is 1. The second-order valence-electron chi connectivity index (χ2n) is 4.34. The number of anilines is 1. The van der Waals surface area contributed by atoms with E-state index in [9.17, 15) is 4.79 Å². The first-order valence-corrected chi connectivity index (χ1v) is 6.74. The number of unbranched alkanes of at least 4 members (excludes halogenated alkanes) is 1. The molecule has 0 aliphatic heterocycles. The van der Waals surface area contributed by atoms with E-state index in [2.05, 4.69) is 22.5 Å². The minimum Gasteiger partial charge on any atom is -0.385 e. The molecule has 5 nitrogen and oxygen atoms in total. The summed E-state index contributed by atoms with van der Waals surface area (Å²) in [5.74, 6) is -0.0947. The molecular formula is C14H23N3O2. The van der Waals surface area contributed by atoms with Crippen molar-refractivity contribution in [3.05, 3.63) is 24.0 Å². The van der Waals surface area contributed by atoms with Crippen molar-refractivity contribution in [2.45, 2.75) is 26.2 Å². The third kappa shape index (κ3) is 6.20. The maximum Gasteiger partial charge on any atom is 0.252 e. The molecule has 0 saturated carbocycles. The predicted molar refractivity (Wildman–Crippen MR) is 76.5 cm³/mol. The highest BCUT2D eigenvalue weighted by atomic mass is 16.5. The number of carbonyl (C=O) groups excluding carboxylic acids is 1. The number of ether oxygens (including phenoxy) is 1. The minimum atomic E-state index is -0.0947. The molecule has 19 heavy (non-hydrogen) atoms. The largest absolute Gasteiger partial charge is 0.385 e. The first kappa shape index (κ1) is 15.4. The number of pyridine rings is 1. The molecule has 0 unspecified atom stereocenters. The van der Waals surface area contributed by atoms with E-state index in [0.717, 1.165) is 31.5 Å². The molecule has 106 valence electrons. The van der Waals surface area contributed by atoms with Crippen molar-refractivity contribution >= 4 is 11.6 Å². The van der Waals surface area contributed by atoms with Gasteiger partial charge in [-0.05, 0) is 18.9 Å². The third-order valence-corrected chi connectivity index (χ3v) is 2.67. The number of hydrogen-bond donors (Lipinski definition) is 2. The van der Waals surface area contributed by atoms with Gasteiger partial charge in [0.1, 0.15) is 0 Å². The van der Waals surface area contributed by atoms with Crippen LogP contribution in [0.1, 0.15) is 36.5 Å². The molecule has 0 saturated heterocycles. The van der Waals surface area contributed by atoms with Gasteiger partial charge in [0, 0.05) is 39.2 Å². The van der Waals surface area contributed by atoms with E-state index in [1.165, 1.54) is 0 Å². The zero-order chi connectivity index (χ0) is 13.9. The number of hydrogen-bond acceptors (Lipinski definition) is 4. The molecule has 0 spiro atoms. The summed E-state index contributed by atoms with van der Waals surface area (Å²) in [5, 5.41) is 6.10. The van der Waals surface area contributed by atoms with Crippen LogP contribution in [0.4, 0.5) is 5.69 Å². The molecule has 1 aromatic heterocycles. The smallest absolute Gasteiger partial charge is 0.252 e. The number of nitrogens with one attached hydrogen (secondary N) is 2. The Kier molecular flexibility index (Phi) is 7.58. The maximum atomic E-state index is 11.9. The Hall–Kier alpha value is -1.62. The van der Waals surface area contributed by atoms with E-state index in [1.54, 1.807) is 19.5 Å². The quantitative estimate of drug-likeness (QED) is 0.671. The lowest BCUT2D eigenvalue weighted by Gasteiger charge is -2.08. The number of nitrogens with zero attached hydrogens (tertiary/aromatic N) is 1. The summed E-state index contributed by atoms with van der Waals surface area (Å²) in [7, 11) is 1.65. The normalized spacial score (nSPS) is 10.2. The topological polar surface area (TPSA) is 63.2 Å². The van der Waals surface area contributed by atoms with Crippen LogP contribution in [0, 0.1) is 0 Å². The Morgan fingerprint density at radius 3 is 2.89 bits per heavy atom. The lowest BCUT2D eigenvalue weighted by atomic mass is 10.2. The standard InChI is InChI=1S/C14H23N3O2/c1-3-4-6-16-13-9-12(10-15-11-13)14(18)17-7-5-8-19-2/h9-11,16H,3-8H2,1-2H3,(H,17,18). The van der Waals surface area contributed by atoms with E-state index < -0.39 is 0 Å².